The molecule has 0 aliphatic rings. The maximum atomic E-state index is 12.7. The fourth-order valence-corrected chi connectivity index (χ4v) is 2.49. The highest BCUT2D eigenvalue weighted by atomic mass is 35.5. The molecule has 0 aliphatic carbocycles. The first-order valence-corrected chi connectivity index (χ1v) is 8.64. The van der Waals surface area contributed by atoms with Crippen LogP contribution in [0.2, 0.25) is 10.0 Å². The molecule has 0 aliphatic heterocycles. The minimum absolute atomic E-state index is 0.395. The van der Waals surface area contributed by atoms with Gasteiger partial charge in [-0.25, -0.2) is 0 Å². The van der Waals surface area contributed by atoms with E-state index in [1.54, 1.807) is 36.4 Å². The number of hydrogen-bond acceptors (Lipinski definition) is 3. The highest BCUT2D eigenvalue weighted by Crippen LogP contribution is 2.32. The van der Waals surface area contributed by atoms with E-state index < -0.39 is 17.2 Å². The second-order valence-corrected chi connectivity index (χ2v) is 7.13. The van der Waals surface area contributed by atoms with Crippen molar-refractivity contribution in [1.82, 2.24) is 0 Å². The fourth-order valence-electron chi connectivity index (χ4n) is 2.15. The lowest BCUT2D eigenvalue weighted by atomic mass is 9.90. The van der Waals surface area contributed by atoms with Gasteiger partial charge in [-0.2, -0.15) is 0 Å². The highest BCUT2D eigenvalue weighted by molar-refractivity contribution is 6.34. The van der Waals surface area contributed by atoms with E-state index in [-0.39, 0.29) is 0 Å². The molecule has 0 saturated carbocycles. The third kappa shape index (κ3) is 4.29. The number of carbonyl (C=O) groups is 2. The van der Waals surface area contributed by atoms with Gasteiger partial charge in [0.25, 0.3) is 0 Å². The van der Waals surface area contributed by atoms with Crippen LogP contribution in [0.4, 0.5) is 11.4 Å². The maximum absolute atomic E-state index is 12.7. The van der Waals surface area contributed by atoms with E-state index in [1.807, 2.05) is 6.92 Å². The molecule has 2 N–H and O–H groups in total. The molecule has 0 heterocycles. The zero-order valence-corrected chi connectivity index (χ0v) is 16.5. The predicted molar refractivity (Wildman–Crippen MR) is 105 cm³/mol. The average Bonchev–Trinajstić information content (AvgIpc) is 2.59. The Kier molecular flexibility index (Phi) is 6.16. The van der Waals surface area contributed by atoms with Crippen LogP contribution in [0.3, 0.4) is 0 Å². The van der Waals surface area contributed by atoms with Gasteiger partial charge in [0.05, 0.1) is 23.5 Å². The minimum Gasteiger partial charge on any atom is -0.495 e. The third-order valence-corrected chi connectivity index (χ3v) is 4.72. The Labute approximate surface area is 162 Å². The summed E-state index contributed by atoms with van der Waals surface area (Å²) in [6, 6.07) is 10.1. The summed E-state index contributed by atoms with van der Waals surface area (Å²) in [6.07, 6.45) is 0. The van der Waals surface area contributed by atoms with Crippen LogP contribution in [-0.2, 0) is 9.59 Å². The maximum Gasteiger partial charge on any atom is 0.239 e. The molecule has 2 aromatic rings. The molecule has 0 atom stereocenters. The summed E-state index contributed by atoms with van der Waals surface area (Å²) >= 11 is 12.1. The molecule has 0 aromatic heterocycles. The van der Waals surface area contributed by atoms with E-state index >= 15 is 0 Å². The Balaban J connectivity index is 2.21. The highest BCUT2D eigenvalue weighted by Gasteiger charge is 2.37. The first-order chi connectivity index (χ1) is 12.2. The van der Waals surface area contributed by atoms with E-state index in [9.17, 15) is 9.59 Å². The number of amides is 2. The first-order valence-electron chi connectivity index (χ1n) is 7.88. The monoisotopic (exact) mass is 394 g/mol. The second kappa shape index (κ2) is 7.98. The number of para-hydroxylation sites is 1. The number of benzene rings is 2. The van der Waals surface area contributed by atoms with Crippen molar-refractivity contribution in [3.8, 4) is 5.75 Å². The Morgan fingerprint density at radius 1 is 0.962 bits per heavy atom. The van der Waals surface area contributed by atoms with Crippen molar-refractivity contribution in [2.75, 3.05) is 17.7 Å². The molecule has 0 saturated heterocycles. The largest absolute Gasteiger partial charge is 0.495 e. The summed E-state index contributed by atoms with van der Waals surface area (Å²) in [6.45, 7) is 4.88. The van der Waals surface area contributed by atoms with Gasteiger partial charge in [0.1, 0.15) is 11.2 Å². The topological polar surface area (TPSA) is 67.4 Å². The summed E-state index contributed by atoms with van der Waals surface area (Å²) in [4.78, 5) is 25.3. The molecule has 7 heteroatoms. The molecule has 2 amide bonds. The number of hydrogen-bond donors (Lipinski definition) is 2. The van der Waals surface area contributed by atoms with Crippen LogP contribution < -0.4 is 15.4 Å². The van der Waals surface area contributed by atoms with Gasteiger partial charge < -0.3 is 15.4 Å². The lowest BCUT2D eigenvalue weighted by Gasteiger charge is -2.24. The van der Waals surface area contributed by atoms with Crippen LogP contribution >= 0.6 is 23.2 Å². The number of nitrogens with one attached hydrogen (secondary N) is 2. The van der Waals surface area contributed by atoms with Crippen molar-refractivity contribution in [3.05, 3.63) is 52.0 Å². The number of aryl methyl sites for hydroxylation is 1. The molecule has 138 valence electrons. The number of carbonyl (C=O) groups excluding carboxylic acids is 2. The van der Waals surface area contributed by atoms with E-state index in [1.165, 1.54) is 21.0 Å². The van der Waals surface area contributed by atoms with E-state index in [2.05, 4.69) is 10.6 Å². The van der Waals surface area contributed by atoms with Crippen molar-refractivity contribution in [1.29, 1.82) is 0 Å². The van der Waals surface area contributed by atoms with Gasteiger partial charge in [0.15, 0.2) is 0 Å². The van der Waals surface area contributed by atoms with Crippen molar-refractivity contribution < 1.29 is 14.3 Å². The van der Waals surface area contributed by atoms with Gasteiger partial charge in [-0.15, -0.1) is 0 Å². The Bertz CT molecular complexity index is 851. The summed E-state index contributed by atoms with van der Waals surface area (Å²) in [5, 5.41) is 6.34. The summed E-state index contributed by atoms with van der Waals surface area (Å²) in [5.74, 6) is -0.550. The lowest BCUT2D eigenvalue weighted by molar-refractivity contribution is -0.135. The third-order valence-electron chi connectivity index (χ3n) is 3.99. The lowest BCUT2D eigenvalue weighted by Crippen LogP contribution is -2.41. The standard InChI is InChI=1S/C19H20Cl2N2O3/c1-11-9-15(16(26-4)10-13(11)21)23-18(25)19(2,3)17(24)22-14-8-6-5-7-12(14)20/h5-10H,1-4H3,(H,22,24)(H,23,25). The Morgan fingerprint density at radius 2 is 1.54 bits per heavy atom. The molecule has 0 radical (unpaired) electrons. The van der Waals surface area contributed by atoms with Crippen molar-refractivity contribution >= 4 is 46.4 Å². The van der Waals surface area contributed by atoms with E-state index in [0.717, 1.165) is 5.56 Å². The Morgan fingerprint density at radius 3 is 2.12 bits per heavy atom. The van der Waals surface area contributed by atoms with Crippen LogP contribution in [-0.4, -0.2) is 18.9 Å². The van der Waals surface area contributed by atoms with Gasteiger partial charge in [-0.1, -0.05) is 35.3 Å². The fraction of sp³-hybridized carbons (Fsp3) is 0.263. The summed E-state index contributed by atoms with van der Waals surface area (Å²) in [7, 11) is 1.48. The van der Waals surface area contributed by atoms with Crippen molar-refractivity contribution in [2.24, 2.45) is 5.41 Å². The van der Waals surface area contributed by atoms with Gasteiger partial charge in [-0.05, 0) is 44.5 Å². The van der Waals surface area contributed by atoms with Crippen LogP contribution in [0.1, 0.15) is 19.4 Å². The zero-order valence-electron chi connectivity index (χ0n) is 14.9. The summed E-state index contributed by atoms with van der Waals surface area (Å²) in [5.41, 5.74) is 0.316. The van der Waals surface area contributed by atoms with Gasteiger partial charge in [0.2, 0.25) is 11.8 Å². The first kappa shape index (κ1) is 20.1. The molecule has 2 rings (SSSR count). The quantitative estimate of drug-likeness (QED) is 0.707. The minimum atomic E-state index is -1.35. The molecular weight excluding hydrogens is 375 g/mol. The van der Waals surface area contributed by atoms with Gasteiger partial charge >= 0.3 is 0 Å². The smallest absolute Gasteiger partial charge is 0.239 e. The van der Waals surface area contributed by atoms with Crippen LogP contribution in [0.15, 0.2) is 36.4 Å². The number of methoxy groups -OCH3 is 1. The van der Waals surface area contributed by atoms with E-state index in [0.29, 0.717) is 27.2 Å². The van der Waals surface area contributed by atoms with E-state index in [4.69, 9.17) is 27.9 Å². The molecule has 0 bridgehead atoms. The number of rotatable bonds is 5. The second-order valence-electron chi connectivity index (χ2n) is 6.31. The van der Waals surface area contributed by atoms with Gasteiger partial charge in [-0.3, -0.25) is 9.59 Å². The van der Waals surface area contributed by atoms with Crippen LogP contribution in [0.5, 0.6) is 5.75 Å². The average molecular weight is 395 g/mol. The van der Waals surface area contributed by atoms with Crippen LogP contribution in [0, 0.1) is 12.3 Å². The molecule has 0 unspecified atom stereocenters. The molecule has 0 fully saturated rings. The summed E-state index contributed by atoms with van der Waals surface area (Å²) < 4.78 is 5.25. The molecule has 2 aromatic carbocycles. The Hall–Kier alpha value is -2.24. The van der Waals surface area contributed by atoms with Crippen molar-refractivity contribution in [3.63, 3.8) is 0 Å². The predicted octanol–water partition coefficient (Wildman–Crippen LogP) is 4.91. The number of ether oxygens (including phenoxy) is 1. The zero-order chi connectivity index (χ0) is 19.5. The van der Waals surface area contributed by atoms with Gasteiger partial charge in [0, 0.05) is 11.1 Å². The molecule has 0 spiro atoms. The van der Waals surface area contributed by atoms with Crippen molar-refractivity contribution in [2.45, 2.75) is 20.8 Å². The van der Waals surface area contributed by atoms with Crippen LogP contribution in [0.25, 0.3) is 0 Å². The molecule has 5 nitrogen and oxygen atoms in total. The number of anilines is 2. The normalized spacial score (nSPS) is 11.0. The SMILES string of the molecule is COc1cc(Cl)c(C)cc1NC(=O)C(C)(C)C(=O)Nc1ccccc1Cl. The molecular formula is C19H20Cl2N2O3. The number of halogens is 2. The molecule has 26 heavy (non-hydrogen) atoms.